The number of benzene rings is 1. The first-order valence-corrected chi connectivity index (χ1v) is 9.63. The highest BCUT2D eigenvalue weighted by Gasteiger charge is 2.27. The minimum atomic E-state index is -3.58. The molecule has 6 heteroatoms. The summed E-state index contributed by atoms with van der Waals surface area (Å²) in [5, 5.41) is 9.19. The zero-order chi connectivity index (χ0) is 15.5. The lowest BCUT2D eigenvalue weighted by molar-refractivity contribution is 0.281. The van der Waals surface area contributed by atoms with E-state index in [1.54, 1.807) is 12.1 Å². The molecule has 0 bridgehead atoms. The molecule has 21 heavy (non-hydrogen) atoms. The van der Waals surface area contributed by atoms with Crippen molar-refractivity contribution in [2.75, 3.05) is 0 Å². The summed E-state index contributed by atoms with van der Waals surface area (Å²) in [4.78, 5) is 0.200. The molecular formula is C15H22BrNO3S. The molecule has 2 unspecified atom stereocenters. The van der Waals surface area contributed by atoms with E-state index in [1.807, 2.05) is 0 Å². The molecule has 0 heterocycles. The average molecular weight is 376 g/mol. The molecule has 118 valence electrons. The third kappa shape index (κ3) is 4.28. The van der Waals surface area contributed by atoms with Crippen LogP contribution in [0.4, 0.5) is 0 Å². The van der Waals surface area contributed by atoms with Crippen molar-refractivity contribution in [2.24, 2.45) is 5.92 Å². The predicted octanol–water partition coefficient (Wildman–Crippen LogP) is 3.19. The van der Waals surface area contributed by atoms with Gasteiger partial charge in [-0.05, 0) is 52.4 Å². The van der Waals surface area contributed by atoms with Gasteiger partial charge in [0.2, 0.25) is 10.0 Å². The van der Waals surface area contributed by atoms with Crippen LogP contribution in [0.2, 0.25) is 0 Å². The summed E-state index contributed by atoms with van der Waals surface area (Å²) in [6.45, 7) is 1.94. The van der Waals surface area contributed by atoms with Crippen LogP contribution in [0.1, 0.15) is 44.6 Å². The summed E-state index contributed by atoms with van der Waals surface area (Å²) >= 11 is 3.29. The Kier molecular flexibility index (Phi) is 5.82. The fourth-order valence-electron chi connectivity index (χ4n) is 2.78. The molecule has 2 N–H and O–H groups in total. The molecule has 0 spiro atoms. The monoisotopic (exact) mass is 375 g/mol. The first kappa shape index (κ1) is 16.9. The Morgan fingerprint density at radius 3 is 2.71 bits per heavy atom. The minimum absolute atomic E-state index is 0.0119. The fourth-order valence-corrected chi connectivity index (χ4v) is 5.18. The van der Waals surface area contributed by atoms with E-state index in [4.69, 9.17) is 0 Å². The maximum atomic E-state index is 12.6. The van der Waals surface area contributed by atoms with Gasteiger partial charge in [0, 0.05) is 10.5 Å². The summed E-state index contributed by atoms with van der Waals surface area (Å²) < 4.78 is 28.6. The Morgan fingerprint density at radius 2 is 2.00 bits per heavy atom. The Morgan fingerprint density at radius 1 is 1.29 bits per heavy atom. The SMILES string of the molecule is CC1CCCCCC1NS(=O)(=O)c1cc(CO)ccc1Br. The maximum absolute atomic E-state index is 12.6. The highest BCUT2D eigenvalue weighted by Crippen LogP contribution is 2.27. The molecule has 1 aromatic rings. The molecule has 1 aliphatic rings. The van der Waals surface area contributed by atoms with E-state index < -0.39 is 10.0 Å². The Balaban J connectivity index is 2.25. The van der Waals surface area contributed by atoms with Crippen LogP contribution in [0.15, 0.2) is 27.6 Å². The molecule has 4 nitrogen and oxygen atoms in total. The Bertz CT molecular complexity index is 589. The molecule has 1 fully saturated rings. The van der Waals surface area contributed by atoms with Crippen LogP contribution >= 0.6 is 15.9 Å². The van der Waals surface area contributed by atoms with Crippen molar-refractivity contribution in [3.8, 4) is 0 Å². The van der Waals surface area contributed by atoms with Crippen molar-refractivity contribution >= 4 is 26.0 Å². The fraction of sp³-hybridized carbons (Fsp3) is 0.600. The molecular weight excluding hydrogens is 354 g/mol. The van der Waals surface area contributed by atoms with E-state index in [0.717, 1.165) is 19.3 Å². The van der Waals surface area contributed by atoms with Crippen LogP contribution in [-0.2, 0) is 16.6 Å². The molecule has 1 aliphatic carbocycles. The first-order chi connectivity index (χ1) is 9.94. The lowest BCUT2D eigenvalue weighted by atomic mass is 9.98. The van der Waals surface area contributed by atoms with E-state index in [0.29, 0.717) is 16.0 Å². The molecule has 0 saturated heterocycles. The van der Waals surface area contributed by atoms with Gasteiger partial charge >= 0.3 is 0 Å². The number of nitrogens with one attached hydrogen (secondary N) is 1. The molecule has 0 aromatic heterocycles. The van der Waals surface area contributed by atoms with Gasteiger partial charge in [-0.15, -0.1) is 0 Å². The van der Waals surface area contributed by atoms with E-state index in [2.05, 4.69) is 27.6 Å². The van der Waals surface area contributed by atoms with Gasteiger partial charge in [-0.1, -0.05) is 32.3 Å². The Labute approximate surface area is 135 Å². The number of rotatable bonds is 4. The maximum Gasteiger partial charge on any atom is 0.241 e. The third-order valence-electron chi connectivity index (χ3n) is 4.14. The Hall–Kier alpha value is -0.430. The molecule has 2 atom stereocenters. The summed E-state index contributed by atoms with van der Waals surface area (Å²) in [6.07, 6.45) is 5.35. The normalized spacial score (nSPS) is 23.8. The standard InChI is InChI=1S/C15H22BrNO3S/c1-11-5-3-2-4-6-14(11)17-21(19,20)15-9-12(10-18)7-8-13(15)16/h7-9,11,14,17-18H,2-6,10H2,1H3. The van der Waals surface area contributed by atoms with E-state index >= 15 is 0 Å². The molecule has 0 aliphatic heterocycles. The zero-order valence-electron chi connectivity index (χ0n) is 12.2. The van der Waals surface area contributed by atoms with Crippen molar-refractivity contribution in [3.05, 3.63) is 28.2 Å². The van der Waals surface area contributed by atoms with Gasteiger partial charge in [0.05, 0.1) is 11.5 Å². The first-order valence-electron chi connectivity index (χ1n) is 7.35. The molecule has 0 radical (unpaired) electrons. The van der Waals surface area contributed by atoms with Crippen molar-refractivity contribution in [2.45, 2.75) is 56.6 Å². The molecule has 2 rings (SSSR count). The second-order valence-electron chi connectivity index (χ2n) is 5.77. The summed E-state index contributed by atoms with van der Waals surface area (Å²) in [6, 6.07) is 4.88. The lowest BCUT2D eigenvalue weighted by Gasteiger charge is -2.23. The quantitative estimate of drug-likeness (QED) is 0.794. The molecule has 1 aromatic carbocycles. The second-order valence-corrected chi connectivity index (χ2v) is 8.30. The van der Waals surface area contributed by atoms with E-state index in [9.17, 15) is 13.5 Å². The highest BCUT2D eigenvalue weighted by atomic mass is 79.9. The van der Waals surface area contributed by atoms with Gasteiger partial charge in [-0.25, -0.2) is 13.1 Å². The van der Waals surface area contributed by atoms with Gasteiger partial charge < -0.3 is 5.11 Å². The van der Waals surface area contributed by atoms with Crippen LogP contribution in [0.25, 0.3) is 0 Å². The van der Waals surface area contributed by atoms with Crippen LogP contribution in [0.5, 0.6) is 0 Å². The van der Waals surface area contributed by atoms with Gasteiger partial charge in [0.15, 0.2) is 0 Å². The summed E-state index contributed by atoms with van der Waals surface area (Å²) in [5.74, 6) is 0.349. The average Bonchev–Trinajstić information content (AvgIpc) is 2.64. The predicted molar refractivity (Wildman–Crippen MR) is 86.4 cm³/mol. The zero-order valence-corrected chi connectivity index (χ0v) is 14.6. The van der Waals surface area contributed by atoms with Gasteiger partial charge in [0.25, 0.3) is 0 Å². The second kappa shape index (κ2) is 7.22. The highest BCUT2D eigenvalue weighted by molar-refractivity contribution is 9.10. The number of aliphatic hydroxyl groups is 1. The number of halogens is 1. The lowest BCUT2D eigenvalue weighted by Crippen LogP contribution is -2.39. The van der Waals surface area contributed by atoms with Crippen molar-refractivity contribution in [1.29, 1.82) is 0 Å². The van der Waals surface area contributed by atoms with Crippen LogP contribution in [0.3, 0.4) is 0 Å². The summed E-state index contributed by atoms with van der Waals surface area (Å²) in [5.41, 5.74) is 0.590. The topological polar surface area (TPSA) is 66.4 Å². The molecule has 1 saturated carbocycles. The number of hydrogen-bond donors (Lipinski definition) is 2. The number of hydrogen-bond acceptors (Lipinski definition) is 3. The minimum Gasteiger partial charge on any atom is -0.392 e. The van der Waals surface area contributed by atoms with Gasteiger partial charge in [0.1, 0.15) is 0 Å². The number of sulfonamides is 1. The van der Waals surface area contributed by atoms with Gasteiger partial charge in [-0.2, -0.15) is 0 Å². The molecule has 0 amide bonds. The smallest absolute Gasteiger partial charge is 0.241 e. The van der Waals surface area contributed by atoms with Crippen molar-refractivity contribution < 1.29 is 13.5 Å². The van der Waals surface area contributed by atoms with Gasteiger partial charge in [-0.3, -0.25) is 0 Å². The van der Waals surface area contributed by atoms with Crippen molar-refractivity contribution in [3.63, 3.8) is 0 Å². The number of aliphatic hydroxyl groups excluding tert-OH is 1. The van der Waals surface area contributed by atoms with Crippen LogP contribution in [-0.4, -0.2) is 19.6 Å². The van der Waals surface area contributed by atoms with Crippen LogP contribution in [0, 0.1) is 5.92 Å². The van der Waals surface area contributed by atoms with E-state index in [-0.39, 0.29) is 17.5 Å². The van der Waals surface area contributed by atoms with Crippen LogP contribution < -0.4 is 4.72 Å². The third-order valence-corrected chi connectivity index (χ3v) is 6.62. The van der Waals surface area contributed by atoms with E-state index in [1.165, 1.54) is 18.9 Å². The summed E-state index contributed by atoms with van der Waals surface area (Å²) in [7, 11) is -3.58. The largest absolute Gasteiger partial charge is 0.392 e. The van der Waals surface area contributed by atoms with Crippen molar-refractivity contribution in [1.82, 2.24) is 4.72 Å².